The molecule has 2 aliphatic rings. The lowest BCUT2D eigenvalue weighted by Crippen LogP contribution is -2.25. The Morgan fingerprint density at radius 1 is 1.36 bits per heavy atom. The lowest BCUT2D eigenvalue weighted by molar-refractivity contribution is -0.121. The zero-order valence-electron chi connectivity index (χ0n) is 14.8. The molecule has 25 heavy (non-hydrogen) atoms. The van der Waals surface area contributed by atoms with Crippen LogP contribution in [0.25, 0.3) is 0 Å². The summed E-state index contributed by atoms with van der Waals surface area (Å²) in [5.74, 6) is 1.24. The van der Waals surface area contributed by atoms with E-state index in [0.717, 1.165) is 63.4 Å². The van der Waals surface area contributed by atoms with Crippen LogP contribution in [-0.4, -0.2) is 42.7 Å². The summed E-state index contributed by atoms with van der Waals surface area (Å²) in [7, 11) is 2.04. The number of hydrogen-bond donors (Lipinski definition) is 1. The van der Waals surface area contributed by atoms with Gasteiger partial charge in [0.25, 0.3) is 0 Å². The molecule has 1 N–H and O–H groups in total. The molecule has 0 bridgehead atoms. The second kappa shape index (κ2) is 7.00. The molecule has 0 spiro atoms. The summed E-state index contributed by atoms with van der Waals surface area (Å²) in [5, 5.41) is 7.76. The van der Waals surface area contributed by atoms with E-state index in [9.17, 15) is 4.79 Å². The quantitative estimate of drug-likeness (QED) is 0.857. The molecule has 2 aromatic rings. The van der Waals surface area contributed by atoms with Crippen LogP contribution in [0.4, 0.5) is 0 Å². The molecule has 0 unspecified atom stereocenters. The van der Waals surface area contributed by atoms with Gasteiger partial charge in [0.15, 0.2) is 0 Å². The minimum atomic E-state index is 0.155. The van der Waals surface area contributed by atoms with Crippen molar-refractivity contribution in [3.63, 3.8) is 0 Å². The number of fused-ring (bicyclic) bond motifs is 1. The van der Waals surface area contributed by atoms with Gasteiger partial charge in [0.05, 0.1) is 17.9 Å². The van der Waals surface area contributed by atoms with Crippen LogP contribution in [0.5, 0.6) is 0 Å². The fourth-order valence-electron chi connectivity index (χ4n) is 3.36. The molecular weight excluding hydrogens is 316 g/mol. The first-order valence-corrected chi connectivity index (χ1v) is 9.21. The van der Waals surface area contributed by atoms with Gasteiger partial charge in [0.1, 0.15) is 5.82 Å². The monoisotopic (exact) mass is 342 g/mol. The van der Waals surface area contributed by atoms with E-state index in [1.54, 1.807) is 0 Å². The van der Waals surface area contributed by atoms with Crippen LogP contribution < -0.4 is 5.32 Å². The van der Waals surface area contributed by atoms with Gasteiger partial charge in [0, 0.05) is 58.0 Å². The second-order valence-electron chi connectivity index (χ2n) is 7.21. The first-order chi connectivity index (χ1) is 12.2. The highest BCUT2D eigenvalue weighted by Crippen LogP contribution is 2.19. The number of aryl methyl sites for hydroxylation is 3. The highest BCUT2D eigenvalue weighted by molar-refractivity contribution is 5.76. The molecule has 2 aromatic heterocycles. The first-order valence-electron chi connectivity index (χ1n) is 9.21. The van der Waals surface area contributed by atoms with Crippen molar-refractivity contribution in [1.82, 2.24) is 29.5 Å². The van der Waals surface area contributed by atoms with E-state index in [2.05, 4.69) is 30.5 Å². The van der Waals surface area contributed by atoms with E-state index in [1.165, 1.54) is 5.69 Å². The van der Waals surface area contributed by atoms with Crippen LogP contribution in [-0.2, 0) is 37.9 Å². The minimum Gasteiger partial charge on any atom is -0.353 e. The number of carbonyl (C=O) groups excluding carboxylic acids is 1. The van der Waals surface area contributed by atoms with E-state index in [4.69, 9.17) is 5.10 Å². The Labute approximate surface area is 148 Å². The topological polar surface area (TPSA) is 68.0 Å². The highest BCUT2D eigenvalue weighted by atomic mass is 16.1. The molecule has 1 aliphatic carbocycles. The van der Waals surface area contributed by atoms with E-state index in [1.807, 2.05) is 19.4 Å². The fourth-order valence-corrected chi connectivity index (χ4v) is 3.36. The third-order valence-electron chi connectivity index (χ3n) is 4.98. The SMILES string of the molecule is Cn1ccnc1CN1CCCn2nc(CCC(=O)NC3CC3)cc2C1. The third-order valence-corrected chi connectivity index (χ3v) is 4.98. The lowest BCUT2D eigenvalue weighted by atomic mass is 10.2. The van der Waals surface area contributed by atoms with Crippen molar-refractivity contribution >= 4 is 5.91 Å². The number of rotatable bonds is 6. The maximum absolute atomic E-state index is 11.9. The van der Waals surface area contributed by atoms with Gasteiger partial charge in [-0.05, 0) is 25.3 Å². The van der Waals surface area contributed by atoms with Crippen LogP contribution >= 0.6 is 0 Å². The van der Waals surface area contributed by atoms with Crippen LogP contribution in [0.3, 0.4) is 0 Å². The molecule has 1 aliphatic heterocycles. The third kappa shape index (κ3) is 4.10. The molecule has 1 fully saturated rings. The van der Waals surface area contributed by atoms with E-state index >= 15 is 0 Å². The number of imidazole rings is 1. The molecule has 0 saturated heterocycles. The zero-order chi connectivity index (χ0) is 17.2. The maximum Gasteiger partial charge on any atom is 0.220 e. The van der Waals surface area contributed by atoms with Crippen LogP contribution in [0.1, 0.15) is 42.9 Å². The van der Waals surface area contributed by atoms with Gasteiger partial charge in [-0.2, -0.15) is 5.10 Å². The molecule has 1 amide bonds. The van der Waals surface area contributed by atoms with Gasteiger partial charge in [-0.15, -0.1) is 0 Å². The Morgan fingerprint density at radius 2 is 2.24 bits per heavy atom. The minimum absolute atomic E-state index is 0.155. The number of nitrogens with zero attached hydrogens (tertiary/aromatic N) is 5. The summed E-state index contributed by atoms with van der Waals surface area (Å²) in [6.07, 6.45) is 8.44. The molecule has 4 rings (SSSR count). The Hall–Kier alpha value is -2.15. The summed E-state index contributed by atoms with van der Waals surface area (Å²) in [5.41, 5.74) is 2.27. The second-order valence-corrected chi connectivity index (χ2v) is 7.21. The molecule has 0 radical (unpaired) electrons. The molecule has 3 heterocycles. The number of aromatic nitrogens is 4. The van der Waals surface area contributed by atoms with Crippen molar-refractivity contribution in [3.8, 4) is 0 Å². The first kappa shape index (κ1) is 16.3. The van der Waals surface area contributed by atoms with Crippen molar-refractivity contribution < 1.29 is 4.79 Å². The van der Waals surface area contributed by atoms with Crippen molar-refractivity contribution in [1.29, 1.82) is 0 Å². The predicted octanol–water partition coefficient (Wildman–Crippen LogP) is 1.23. The molecule has 7 heteroatoms. The zero-order valence-corrected chi connectivity index (χ0v) is 14.8. The molecule has 0 atom stereocenters. The van der Waals surface area contributed by atoms with Gasteiger partial charge in [-0.25, -0.2) is 4.98 Å². The number of nitrogens with one attached hydrogen (secondary N) is 1. The summed E-state index contributed by atoms with van der Waals surface area (Å²) < 4.78 is 4.19. The Kier molecular flexibility index (Phi) is 4.57. The van der Waals surface area contributed by atoms with Crippen molar-refractivity contribution in [2.75, 3.05) is 6.54 Å². The average Bonchev–Trinajstić information content (AvgIpc) is 3.24. The standard InChI is InChI=1S/C18H26N6O/c1-22-10-7-19-17(22)13-23-8-2-9-24-16(12-23)11-15(21-24)5-6-18(25)20-14-3-4-14/h7,10-11,14H,2-6,8-9,12-13H2,1H3,(H,20,25). The van der Waals surface area contributed by atoms with E-state index in [0.29, 0.717) is 12.5 Å². The van der Waals surface area contributed by atoms with E-state index < -0.39 is 0 Å². The smallest absolute Gasteiger partial charge is 0.220 e. The Morgan fingerprint density at radius 3 is 3.00 bits per heavy atom. The van der Waals surface area contributed by atoms with E-state index in [-0.39, 0.29) is 5.91 Å². The van der Waals surface area contributed by atoms with Gasteiger partial charge in [-0.1, -0.05) is 0 Å². The van der Waals surface area contributed by atoms with Gasteiger partial charge in [0.2, 0.25) is 5.91 Å². The van der Waals surface area contributed by atoms with Gasteiger partial charge >= 0.3 is 0 Å². The summed E-state index contributed by atoms with van der Waals surface area (Å²) >= 11 is 0. The van der Waals surface area contributed by atoms with Crippen LogP contribution in [0, 0.1) is 0 Å². The van der Waals surface area contributed by atoms with Crippen molar-refractivity contribution in [2.45, 2.75) is 57.8 Å². The molecule has 134 valence electrons. The molecular formula is C18H26N6O. The van der Waals surface area contributed by atoms with Gasteiger partial charge in [-0.3, -0.25) is 14.4 Å². The number of hydrogen-bond acceptors (Lipinski definition) is 4. The summed E-state index contributed by atoms with van der Waals surface area (Å²) in [6.45, 7) is 3.73. The summed E-state index contributed by atoms with van der Waals surface area (Å²) in [4.78, 5) is 18.7. The molecule has 7 nitrogen and oxygen atoms in total. The maximum atomic E-state index is 11.9. The van der Waals surface area contributed by atoms with Gasteiger partial charge < -0.3 is 9.88 Å². The average molecular weight is 342 g/mol. The molecule has 1 saturated carbocycles. The fraction of sp³-hybridized carbons (Fsp3) is 0.611. The summed E-state index contributed by atoms with van der Waals surface area (Å²) in [6, 6.07) is 2.60. The predicted molar refractivity (Wildman–Crippen MR) is 93.7 cm³/mol. The Bertz CT molecular complexity index is 745. The lowest BCUT2D eigenvalue weighted by Gasteiger charge is -2.18. The largest absolute Gasteiger partial charge is 0.353 e. The van der Waals surface area contributed by atoms with Crippen molar-refractivity contribution in [2.24, 2.45) is 7.05 Å². The Balaban J connectivity index is 1.36. The number of carbonyl (C=O) groups is 1. The highest BCUT2D eigenvalue weighted by Gasteiger charge is 2.23. The molecule has 0 aromatic carbocycles. The van der Waals surface area contributed by atoms with Crippen molar-refractivity contribution in [3.05, 3.63) is 35.7 Å². The van der Waals surface area contributed by atoms with Crippen LogP contribution in [0.15, 0.2) is 18.5 Å². The number of amides is 1. The van der Waals surface area contributed by atoms with Crippen LogP contribution in [0.2, 0.25) is 0 Å². The normalized spacial score (nSPS) is 18.0.